The second-order valence-electron chi connectivity index (χ2n) is 10.8. The van der Waals surface area contributed by atoms with Crippen molar-refractivity contribution in [3.05, 3.63) is 0 Å². The first-order chi connectivity index (χ1) is 15.6. The monoisotopic (exact) mass is 486 g/mol. The molecule has 0 bridgehead atoms. The molecular formula is C23H38N2O9. The Labute approximate surface area is 200 Å². The van der Waals surface area contributed by atoms with Gasteiger partial charge in [-0.25, -0.2) is 4.79 Å². The van der Waals surface area contributed by atoms with Gasteiger partial charge in [-0.3, -0.25) is 9.59 Å². The van der Waals surface area contributed by atoms with Gasteiger partial charge in [0.15, 0.2) is 24.0 Å². The lowest BCUT2D eigenvalue weighted by atomic mass is 9.96. The van der Waals surface area contributed by atoms with Crippen molar-refractivity contribution in [2.45, 2.75) is 116 Å². The number of hydrogen-bond acceptors (Lipinski definition) is 8. The van der Waals surface area contributed by atoms with Crippen molar-refractivity contribution in [3.8, 4) is 0 Å². The minimum atomic E-state index is -1.12. The molecule has 0 unspecified atom stereocenters. The predicted molar refractivity (Wildman–Crippen MR) is 118 cm³/mol. The Morgan fingerprint density at radius 2 is 1.41 bits per heavy atom. The van der Waals surface area contributed by atoms with Crippen molar-refractivity contribution in [1.82, 2.24) is 10.6 Å². The molecular weight excluding hydrogens is 448 g/mol. The molecule has 3 aliphatic rings. The number of carbonyl (C=O) groups excluding carboxylic acids is 2. The Balaban J connectivity index is 1.76. The molecule has 3 aliphatic heterocycles. The SMILES string of the molecule is CC(C)C[C@H](NC(=O)[C@@H](NC(=O)[C@H]1O[C@@H]2OC(C)(C)O[C@@H]2[C@H]2OC(C)(C)O[C@H]21)C(C)C)C(=O)O. The van der Waals surface area contributed by atoms with Crippen LogP contribution in [0.5, 0.6) is 0 Å². The van der Waals surface area contributed by atoms with Crippen LogP contribution in [-0.4, -0.2) is 77.3 Å². The molecule has 3 heterocycles. The van der Waals surface area contributed by atoms with Crippen LogP contribution >= 0.6 is 0 Å². The summed E-state index contributed by atoms with van der Waals surface area (Å²) < 4.78 is 29.7. The largest absolute Gasteiger partial charge is 0.480 e. The summed E-state index contributed by atoms with van der Waals surface area (Å²) in [6, 6.07) is -2.03. The number of carbonyl (C=O) groups is 3. The number of nitrogens with one attached hydrogen (secondary N) is 2. The minimum absolute atomic E-state index is 0.0646. The standard InChI is InChI=1S/C23H38N2O9/c1-10(2)9-12(20(28)29)24-18(26)13(11(3)4)25-19(27)16-14-15(32-22(5,6)31-14)17-21(30-16)34-23(7,8)33-17/h10-17,21H,9H2,1-8H3,(H,24,26)(H,25,27)(H,28,29)/t12-,13-,14+,15-,16-,17+,21+/m0/s1. The zero-order valence-corrected chi connectivity index (χ0v) is 21.1. The fraction of sp³-hybridized carbons (Fsp3) is 0.870. The van der Waals surface area contributed by atoms with E-state index in [0.29, 0.717) is 0 Å². The van der Waals surface area contributed by atoms with Crippen LogP contribution < -0.4 is 10.6 Å². The first kappa shape index (κ1) is 26.8. The van der Waals surface area contributed by atoms with Gasteiger partial charge in [-0.2, -0.15) is 0 Å². The zero-order valence-electron chi connectivity index (χ0n) is 21.1. The molecule has 7 atom stereocenters. The number of carboxylic acid groups (broad SMARTS) is 1. The van der Waals surface area contributed by atoms with E-state index < -0.39 is 72.1 Å². The molecule has 0 aromatic carbocycles. The average molecular weight is 487 g/mol. The van der Waals surface area contributed by atoms with Crippen LogP contribution in [0.25, 0.3) is 0 Å². The molecule has 0 aromatic heterocycles. The third-order valence-electron chi connectivity index (χ3n) is 5.98. The van der Waals surface area contributed by atoms with E-state index >= 15 is 0 Å². The van der Waals surface area contributed by atoms with E-state index in [4.69, 9.17) is 23.7 Å². The van der Waals surface area contributed by atoms with Crippen molar-refractivity contribution in [2.24, 2.45) is 11.8 Å². The van der Waals surface area contributed by atoms with Crippen LogP contribution in [0.15, 0.2) is 0 Å². The van der Waals surface area contributed by atoms with Crippen LogP contribution in [0.3, 0.4) is 0 Å². The molecule has 0 radical (unpaired) electrons. The fourth-order valence-corrected chi connectivity index (χ4v) is 4.55. The number of hydrogen-bond donors (Lipinski definition) is 3. The summed E-state index contributed by atoms with van der Waals surface area (Å²) in [5.74, 6) is -4.42. The third-order valence-corrected chi connectivity index (χ3v) is 5.98. The summed E-state index contributed by atoms with van der Waals surface area (Å²) in [7, 11) is 0. The molecule has 34 heavy (non-hydrogen) atoms. The highest BCUT2D eigenvalue weighted by molar-refractivity contribution is 5.92. The summed E-state index contributed by atoms with van der Waals surface area (Å²) in [5.41, 5.74) is 0. The first-order valence-corrected chi connectivity index (χ1v) is 11.8. The van der Waals surface area contributed by atoms with Crippen molar-refractivity contribution >= 4 is 17.8 Å². The Morgan fingerprint density at radius 3 is 1.97 bits per heavy atom. The van der Waals surface area contributed by atoms with Crippen LogP contribution in [0.1, 0.15) is 61.8 Å². The first-order valence-electron chi connectivity index (χ1n) is 11.8. The fourth-order valence-electron chi connectivity index (χ4n) is 4.55. The van der Waals surface area contributed by atoms with E-state index in [1.54, 1.807) is 41.5 Å². The van der Waals surface area contributed by atoms with Gasteiger partial charge < -0.3 is 39.4 Å². The van der Waals surface area contributed by atoms with Gasteiger partial charge in [-0.1, -0.05) is 27.7 Å². The molecule has 3 N–H and O–H groups in total. The minimum Gasteiger partial charge on any atom is -0.480 e. The van der Waals surface area contributed by atoms with Gasteiger partial charge in [0.05, 0.1) is 0 Å². The van der Waals surface area contributed by atoms with Crippen LogP contribution in [-0.2, 0) is 38.1 Å². The lowest BCUT2D eigenvalue weighted by Gasteiger charge is -2.37. The third kappa shape index (κ3) is 5.88. The molecule has 3 rings (SSSR count). The maximum Gasteiger partial charge on any atom is 0.326 e. The normalized spacial score (nSPS) is 33.2. The summed E-state index contributed by atoms with van der Waals surface area (Å²) in [4.78, 5) is 37.9. The van der Waals surface area contributed by atoms with Gasteiger partial charge in [0.1, 0.15) is 30.4 Å². The maximum atomic E-state index is 13.4. The highest BCUT2D eigenvalue weighted by Crippen LogP contribution is 2.44. The lowest BCUT2D eigenvalue weighted by Crippen LogP contribution is -2.62. The Hall–Kier alpha value is -1.79. The van der Waals surface area contributed by atoms with Gasteiger partial charge in [0.2, 0.25) is 5.91 Å². The van der Waals surface area contributed by atoms with Gasteiger partial charge in [-0.05, 0) is 46.0 Å². The molecule has 11 nitrogen and oxygen atoms in total. The van der Waals surface area contributed by atoms with Gasteiger partial charge in [-0.15, -0.1) is 0 Å². The Kier molecular flexibility index (Phi) is 7.64. The molecule has 194 valence electrons. The van der Waals surface area contributed by atoms with Crippen molar-refractivity contribution in [1.29, 1.82) is 0 Å². The van der Waals surface area contributed by atoms with E-state index in [1.807, 2.05) is 13.8 Å². The summed E-state index contributed by atoms with van der Waals surface area (Å²) >= 11 is 0. The van der Waals surface area contributed by atoms with E-state index in [0.717, 1.165) is 0 Å². The lowest BCUT2D eigenvalue weighted by molar-refractivity contribution is -0.231. The van der Waals surface area contributed by atoms with Crippen LogP contribution in [0, 0.1) is 11.8 Å². The molecule has 11 heteroatoms. The number of amides is 2. The second kappa shape index (κ2) is 9.69. The molecule has 0 saturated carbocycles. The molecule has 3 saturated heterocycles. The van der Waals surface area contributed by atoms with E-state index in [1.165, 1.54) is 0 Å². The van der Waals surface area contributed by atoms with E-state index in [-0.39, 0.29) is 18.3 Å². The quantitative estimate of drug-likeness (QED) is 0.460. The predicted octanol–water partition coefficient (Wildman–Crippen LogP) is 1.14. The second-order valence-corrected chi connectivity index (χ2v) is 10.8. The van der Waals surface area contributed by atoms with Gasteiger partial charge in [0.25, 0.3) is 5.91 Å². The highest BCUT2D eigenvalue weighted by Gasteiger charge is 2.62. The van der Waals surface area contributed by atoms with Gasteiger partial charge >= 0.3 is 5.97 Å². The Bertz CT molecular complexity index is 797. The number of fused-ring (bicyclic) bond motifs is 3. The van der Waals surface area contributed by atoms with Crippen molar-refractivity contribution < 1.29 is 43.2 Å². The van der Waals surface area contributed by atoms with Crippen molar-refractivity contribution in [3.63, 3.8) is 0 Å². The highest BCUT2D eigenvalue weighted by atomic mass is 16.9. The van der Waals surface area contributed by atoms with Crippen LogP contribution in [0.4, 0.5) is 0 Å². The Morgan fingerprint density at radius 1 is 0.853 bits per heavy atom. The van der Waals surface area contributed by atoms with Gasteiger partial charge in [0, 0.05) is 0 Å². The topological polar surface area (TPSA) is 142 Å². The number of carboxylic acids is 1. The summed E-state index contributed by atoms with van der Waals surface area (Å²) in [6.45, 7) is 14.2. The summed E-state index contributed by atoms with van der Waals surface area (Å²) in [6.07, 6.45) is -3.67. The van der Waals surface area contributed by atoms with E-state index in [2.05, 4.69) is 10.6 Å². The molecule has 0 aromatic rings. The molecule has 0 aliphatic carbocycles. The average Bonchev–Trinajstić information content (AvgIpc) is 3.17. The van der Waals surface area contributed by atoms with Crippen LogP contribution in [0.2, 0.25) is 0 Å². The smallest absolute Gasteiger partial charge is 0.326 e. The molecule has 0 spiro atoms. The van der Waals surface area contributed by atoms with Crippen molar-refractivity contribution in [2.75, 3.05) is 0 Å². The van der Waals surface area contributed by atoms with E-state index in [9.17, 15) is 19.5 Å². The number of rotatable bonds is 8. The number of aliphatic carboxylic acids is 1. The summed E-state index contributed by atoms with van der Waals surface area (Å²) in [5, 5.41) is 14.8. The number of ether oxygens (including phenoxy) is 5. The molecule has 2 amide bonds. The zero-order chi connectivity index (χ0) is 25.6. The maximum absolute atomic E-state index is 13.4. The molecule has 3 fully saturated rings.